The molecule has 0 aromatic heterocycles. The Labute approximate surface area is 104 Å². The van der Waals surface area contributed by atoms with Gasteiger partial charge in [0.05, 0.1) is 13.2 Å². The molecule has 0 saturated heterocycles. The number of hydrogen-bond acceptors (Lipinski definition) is 4. The smallest absolute Gasteiger partial charge is 0.251 e. The van der Waals surface area contributed by atoms with Crippen molar-refractivity contribution in [3.05, 3.63) is 0 Å². The van der Waals surface area contributed by atoms with Gasteiger partial charge in [-0.25, -0.2) is 0 Å². The molecule has 0 radical (unpaired) electrons. The van der Waals surface area contributed by atoms with E-state index in [0.717, 1.165) is 0 Å². The molecule has 0 aliphatic heterocycles. The van der Waals surface area contributed by atoms with Crippen LogP contribution in [0.4, 0.5) is 0 Å². The lowest BCUT2D eigenvalue weighted by atomic mass is 10.3. The number of nitrogens with zero attached hydrogens (tertiary/aromatic N) is 1. The Kier molecular flexibility index (Phi) is 10.1. The Balaban J connectivity index is 4.12. The Morgan fingerprint density at radius 2 is 1.59 bits per heavy atom. The normalized spacial score (nSPS) is 12.5. The van der Waals surface area contributed by atoms with Gasteiger partial charge in [-0.2, -0.15) is 0 Å². The first-order valence-electron chi connectivity index (χ1n) is 6.14. The molecule has 1 unspecified atom stereocenters. The number of carbonyl (C=O) groups is 1. The second-order valence-electron chi connectivity index (χ2n) is 3.60. The van der Waals surface area contributed by atoms with Crippen molar-refractivity contribution in [2.75, 3.05) is 46.6 Å². The third-order valence-corrected chi connectivity index (χ3v) is 2.43. The molecular weight excluding hydrogens is 222 g/mol. The van der Waals surface area contributed by atoms with Gasteiger partial charge in [-0.15, -0.1) is 0 Å². The predicted molar refractivity (Wildman–Crippen MR) is 66.0 cm³/mol. The van der Waals surface area contributed by atoms with E-state index in [0.29, 0.717) is 39.5 Å². The van der Waals surface area contributed by atoms with E-state index in [1.165, 1.54) is 7.11 Å². The molecule has 5 heteroatoms. The molecule has 0 aromatic carbocycles. The van der Waals surface area contributed by atoms with Gasteiger partial charge in [0.25, 0.3) is 5.91 Å². The minimum Gasteiger partial charge on any atom is -0.380 e. The molecule has 0 aromatic rings. The summed E-state index contributed by atoms with van der Waals surface area (Å²) in [5.41, 5.74) is 0. The lowest BCUT2D eigenvalue weighted by Gasteiger charge is -2.25. The molecule has 0 fully saturated rings. The van der Waals surface area contributed by atoms with Gasteiger partial charge in [0.15, 0.2) is 0 Å². The van der Waals surface area contributed by atoms with Gasteiger partial charge in [-0.3, -0.25) is 4.79 Å². The van der Waals surface area contributed by atoms with E-state index in [2.05, 4.69) is 0 Å². The number of methoxy groups -OCH3 is 1. The van der Waals surface area contributed by atoms with Crippen LogP contribution in [-0.2, 0) is 19.0 Å². The largest absolute Gasteiger partial charge is 0.380 e. The van der Waals surface area contributed by atoms with Gasteiger partial charge in [0, 0.05) is 33.4 Å². The summed E-state index contributed by atoms with van der Waals surface area (Å²) in [6, 6.07) is 0. The predicted octanol–water partition coefficient (Wildman–Crippen LogP) is 0.923. The van der Waals surface area contributed by atoms with Crippen molar-refractivity contribution in [1.82, 2.24) is 4.90 Å². The Bertz CT molecular complexity index is 189. The molecule has 1 atom stereocenters. The minimum absolute atomic E-state index is 0.0214. The second kappa shape index (κ2) is 10.5. The average Bonchev–Trinajstić information content (AvgIpc) is 2.35. The summed E-state index contributed by atoms with van der Waals surface area (Å²) in [5.74, 6) is -0.0214. The average molecular weight is 247 g/mol. The number of ether oxygens (including phenoxy) is 3. The van der Waals surface area contributed by atoms with Crippen LogP contribution in [0.25, 0.3) is 0 Å². The Morgan fingerprint density at radius 1 is 1.12 bits per heavy atom. The van der Waals surface area contributed by atoms with Crippen molar-refractivity contribution in [2.45, 2.75) is 26.9 Å². The molecule has 17 heavy (non-hydrogen) atoms. The van der Waals surface area contributed by atoms with Crippen molar-refractivity contribution in [3.63, 3.8) is 0 Å². The van der Waals surface area contributed by atoms with Crippen LogP contribution in [-0.4, -0.2) is 63.5 Å². The molecule has 5 nitrogen and oxygen atoms in total. The summed E-state index contributed by atoms with van der Waals surface area (Å²) in [6.07, 6.45) is -0.418. The minimum atomic E-state index is -0.418. The third-order valence-electron chi connectivity index (χ3n) is 2.43. The highest BCUT2D eigenvalue weighted by Crippen LogP contribution is 1.99. The number of hydrogen-bond donors (Lipinski definition) is 0. The fourth-order valence-electron chi connectivity index (χ4n) is 1.33. The van der Waals surface area contributed by atoms with Crippen LogP contribution >= 0.6 is 0 Å². The van der Waals surface area contributed by atoms with Gasteiger partial charge in [0.1, 0.15) is 6.10 Å². The fraction of sp³-hybridized carbons (Fsp3) is 0.917. The van der Waals surface area contributed by atoms with Crippen molar-refractivity contribution >= 4 is 5.91 Å². The monoisotopic (exact) mass is 247 g/mol. The maximum atomic E-state index is 12.0. The van der Waals surface area contributed by atoms with Gasteiger partial charge in [-0.1, -0.05) is 0 Å². The van der Waals surface area contributed by atoms with Crippen LogP contribution in [0, 0.1) is 0 Å². The first-order valence-corrected chi connectivity index (χ1v) is 6.14. The Hall–Kier alpha value is -0.650. The highest BCUT2D eigenvalue weighted by molar-refractivity contribution is 5.80. The molecule has 0 heterocycles. The van der Waals surface area contributed by atoms with Gasteiger partial charge in [-0.05, 0) is 20.8 Å². The number of amides is 1. The van der Waals surface area contributed by atoms with E-state index in [1.54, 1.807) is 11.8 Å². The SMILES string of the molecule is CCOCCN(CCOCC)C(=O)C(C)OC. The molecule has 0 spiro atoms. The standard InChI is InChI=1S/C12H25NO4/c1-5-16-9-7-13(8-10-17-6-2)12(14)11(3)15-4/h11H,5-10H2,1-4H3. The van der Waals surface area contributed by atoms with Gasteiger partial charge in [0.2, 0.25) is 0 Å². The van der Waals surface area contributed by atoms with Crippen LogP contribution in [0.3, 0.4) is 0 Å². The quantitative estimate of drug-likeness (QED) is 0.539. The summed E-state index contributed by atoms with van der Waals surface area (Å²) < 4.78 is 15.5. The van der Waals surface area contributed by atoms with E-state index in [-0.39, 0.29) is 5.91 Å². The van der Waals surface area contributed by atoms with E-state index < -0.39 is 6.10 Å². The van der Waals surface area contributed by atoms with E-state index in [9.17, 15) is 4.79 Å². The molecule has 0 saturated carbocycles. The van der Waals surface area contributed by atoms with Crippen molar-refractivity contribution in [2.24, 2.45) is 0 Å². The summed E-state index contributed by atoms with van der Waals surface area (Å²) in [4.78, 5) is 13.7. The zero-order chi connectivity index (χ0) is 13.1. The van der Waals surface area contributed by atoms with Gasteiger partial charge < -0.3 is 19.1 Å². The lowest BCUT2D eigenvalue weighted by molar-refractivity contribution is -0.142. The summed E-state index contributed by atoms with van der Waals surface area (Å²) in [5, 5.41) is 0. The zero-order valence-corrected chi connectivity index (χ0v) is 11.4. The van der Waals surface area contributed by atoms with E-state index >= 15 is 0 Å². The lowest BCUT2D eigenvalue weighted by Crippen LogP contribution is -2.42. The van der Waals surface area contributed by atoms with Crippen molar-refractivity contribution in [3.8, 4) is 0 Å². The Morgan fingerprint density at radius 3 is 1.94 bits per heavy atom. The molecule has 1 amide bonds. The van der Waals surface area contributed by atoms with Crippen molar-refractivity contribution < 1.29 is 19.0 Å². The molecular formula is C12H25NO4. The van der Waals surface area contributed by atoms with Gasteiger partial charge >= 0.3 is 0 Å². The summed E-state index contributed by atoms with van der Waals surface area (Å²) in [6.45, 7) is 9.18. The molecule has 0 aliphatic carbocycles. The molecule has 0 rings (SSSR count). The second-order valence-corrected chi connectivity index (χ2v) is 3.60. The van der Waals surface area contributed by atoms with E-state index in [4.69, 9.17) is 14.2 Å². The van der Waals surface area contributed by atoms with Crippen LogP contribution in [0.15, 0.2) is 0 Å². The van der Waals surface area contributed by atoms with Crippen LogP contribution in [0.5, 0.6) is 0 Å². The maximum absolute atomic E-state index is 12.0. The molecule has 0 bridgehead atoms. The highest BCUT2D eigenvalue weighted by Gasteiger charge is 2.19. The van der Waals surface area contributed by atoms with Crippen molar-refractivity contribution in [1.29, 1.82) is 0 Å². The molecule has 0 aliphatic rings. The van der Waals surface area contributed by atoms with Crippen LogP contribution in [0.1, 0.15) is 20.8 Å². The fourth-order valence-corrected chi connectivity index (χ4v) is 1.33. The summed E-state index contributed by atoms with van der Waals surface area (Å²) >= 11 is 0. The maximum Gasteiger partial charge on any atom is 0.251 e. The summed E-state index contributed by atoms with van der Waals surface area (Å²) in [7, 11) is 1.53. The first kappa shape index (κ1) is 16.4. The zero-order valence-electron chi connectivity index (χ0n) is 11.4. The van der Waals surface area contributed by atoms with E-state index in [1.807, 2.05) is 13.8 Å². The van der Waals surface area contributed by atoms with Crippen LogP contribution < -0.4 is 0 Å². The highest BCUT2D eigenvalue weighted by atomic mass is 16.5. The number of carbonyl (C=O) groups excluding carboxylic acids is 1. The first-order chi connectivity index (χ1) is 8.17. The molecule has 0 N–H and O–H groups in total. The third kappa shape index (κ3) is 7.31. The number of rotatable bonds is 10. The molecule has 102 valence electrons. The topological polar surface area (TPSA) is 48.0 Å². The van der Waals surface area contributed by atoms with Crippen LogP contribution in [0.2, 0.25) is 0 Å².